The molecule has 1 aromatic carbocycles. The van der Waals surface area contributed by atoms with Crippen LogP contribution in [0.15, 0.2) is 36.7 Å². The lowest BCUT2D eigenvalue weighted by Gasteiger charge is -2.28. The van der Waals surface area contributed by atoms with Crippen molar-refractivity contribution >= 4 is 24.0 Å². The zero-order valence-electron chi connectivity index (χ0n) is 15.8. The first-order valence-corrected chi connectivity index (χ1v) is 8.78. The molecule has 3 rings (SSSR count). The molecule has 2 heterocycles. The van der Waals surface area contributed by atoms with Crippen LogP contribution in [0.4, 0.5) is 8.78 Å². The van der Waals surface area contributed by atoms with Crippen LogP contribution in [0.2, 0.25) is 5.02 Å². The van der Waals surface area contributed by atoms with Gasteiger partial charge in [-0.1, -0.05) is 11.6 Å². The Kier molecular flexibility index (Phi) is 6.62. The molecule has 0 saturated heterocycles. The lowest BCUT2D eigenvalue weighted by atomic mass is 10.1. The molecule has 0 radical (unpaired) electrons. The molecule has 0 N–H and O–H groups in total. The molecule has 0 aliphatic heterocycles. The SMILES string of the molecule is CC(C)n1c(-c2ccncc2)nnc1C(C)(C)Oc1c(F)cc(Cl)cc1F.Cl. The van der Waals surface area contributed by atoms with Crippen LogP contribution in [0.25, 0.3) is 11.4 Å². The fraction of sp³-hybridized carbons (Fsp3) is 0.316. The molecule has 0 atom stereocenters. The van der Waals surface area contributed by atoms with Crippen molar-refractivity contribution in [1.82, 2.24) is 19.7 Å². The number of benzene rings is 1. The predicted octanol–water partition coefficient (Wildman–Crippen LogP) is 5.59. The standard InChI is InChI=1S/C19H19ClF2N4O.ClH/c1-11(2)26-17(12-5-7-23-8-6-12)24-25-18(26)19(3,4)27-16-14(21)9-13(20)10-15(16)22;/h5-11H,1-4H3;1H. The number of rotatable bonds is 5. The predicted molar refractivity (Wildman–Crippen MR) is 106 cm³/mol. The van der Waals surface area contributed by atoms with Crippen molar-refractivity contribution in [3.05, 3.63) is 59.1 Å². The molecule has 0 fully saturated rings. The second kappa shape index (κ2) is 8.41. The third-order valence-electron chi connectivity index (χ3n) is 4.01. The number of ether oxygens (including phenoxy) is 1. The molecule has 0 saturated carbocycles. The summed E-state index contributed by atoms with van der Waals surface area (Å²) in [6, 6.07) is 5.64. The van der Waals surface area contributed by atoms with Gasteiger partial charge in [0.25, 0.3) is 0 Å². The van der Waals surface area contributed by atoms with Crippen molar-refractivity contribution < 1.29 is 13.5 Å². The van der Waals surface area contributed by atoms with Gasteiger partial charge in [-0.05, 0) is 52.0 Å². The quantitative estimate of drug-likeness (QED) is 0.531. The van der Waals surface area contributed by atoms with Crippen LogP contribution in [0, 0.1) is 11.6 Å². The van der Waals surface area contributed by atoms with Gasteiger partial charge in [-0.15, -0.1) is 22.6 Å². The van der Waals surface area contributed by atoms with Gasteiger partial charge in [0, 0.05) is 29.0 Å². The lowest BCUT2D eigenvalue weighted by molar-refractivity contribution is 0.0814. The summed E-state index contributed by atoms with van der Waals surface area (Å²) in [5.74, 6) is -1.20. The summed E-state index contributed by atoms with van der Waals surface area (Å²) in [6.07, 6.45) is 3.32. The van der Waals surface area contributed by atoms with E-state index in [0.29, 0.717) is 11.6 Å². The van der Waals surface area contributed by atoms with E-state index in [9.17, 15) is 8.78 Å². The van der Waals surface area contributed by atoms with Crippen molar-refractivity contribution in [1.29, 1.82) is 0 Å². The minimum atomic E-state index is -1.15. The van der Waals surface area contributed by atoms with E-state index in [4.69, 9.17) is 16.3 Å². The molecule has 2 aromatic heterocycles. The van der Waals surface area contributed by atoms with Crippen molar-refractivity contribution in [2.75, 3.05) is 0 Å². The molecule has 0 bridgehead atoms. The van der Waals surface area contributed by atoms with E-state index < -0.39 is 23.0 Å². The van der Waals surface area contributed by atoms with E-state index in [-0.39, 0.29) is 23.5 Å². The summed E-state index contributed by atoms with van der Waals surface area (Å²) in [5, 5.41) is 8.48. The summed E-state index contributed by atoms with van der Waals surface area (Å²) < 4.78 is 36.0. The van der Waals surface area contributed by atoms with Crippen LogP contribution in [0.3, 0.4) is 0 Å². The monoisotopic (exact) mass is 428 g/mol. The van der Waals surface area contributed by atoms with Gasteiger partial charge < -0.3 is 9.30 Å². The fourth-order valence-electron chi connectivity index (χ4n) is 2.82. The molecule has 28 heavy (non-hydrogen) atoms. The molecule has 0 spiro atoms. The van der Waals surface area contributed by atoms with Crippen molar-refractivity contribution in [2.45, 2.75) is 39.3 Å². The normalized spacial score (nSPS) is 11.4. The fourth-order valence-corrected chi connectivity index (χ4v) is 3.01. The van der Waals surface area contributed by atoms with Gasteiger partial charge in [0.1, 0.15) is 0 Å². The van der Waals surface area contributed by atoms with Crippen LogP contribution in [0.1, 0.15) is 39.6 Å². The average molecular weight is 429 g/mol. The van der Waals surface area contributed by atoms with Crippen molar-refractivity contribution in [2.24, 2.45) is 0 Å². The first-order valence-electron chi connectivity index (χ1n) is 8.40. The van der Waals surface area contributed by atoms with Crippen LogP contribution >= 0.6 is 24.0 Å². The highest BCUT2D eigenvalue weighted by Gasteiger charge is 2.34. The molecular formula is C19H20Cl2F2N4O. The Balaban J connectivity index is 0.00000280. The molecule has 0 aliphatic rings. The maximum absolute atomic E-state index is 14.2. The summed E-state index contributed by atoms with van der Waals surface area (Å²) in [4.78, 5) is 4.01. The highest BCUT2D eigenvalue weighted by Crippen LogP contribution is 2.34. The highest BCUT2D eigenvalue weighted by molar-refractivity contribution is 6.30. The van der Waals surface area contributed by atoms with E-state index in [1.54, 1.807) is 26.2 Å². The van der Waals surface area contributed by atoms with Crippen LogP contribution in [-0.4, -0.2) is 19.7 Å². The van der Waals surface area contributed by atoms with Crippen LogP contribution < -0.4 is 4.74 Å². The van der Waals surface area contributed by atoms with E-state index in [2.05, 4.69) is 15.2 Å². The molecule has 9 heteroatoms. The Hall–Kier alpha value is -2.25. The second-order valence-electron chi connectivity index (χ2n) is 6.86. The van der Waals surface area contributed by atoms with Gasteiger partial charge in [0.15, 0.2) is 34.6 Å². The number of nitrogens with zero attached hydrogens (tertiary/aromatic N) is 4. The summed E-state index contributed by atoms with van der Waals surface area (Å²) in [5.41, 5.74) is -0.324. The summed E-state index contributed by atoms with van der Waals surface area (Å²) in [7, 11) is 0. The number of halogens is 4. The minimum absolute atomic E-state index is 0. The Labute approximate surface area is 173 Å². The summed E-state index contributed by atoms with van der Waals surface area (Å²) >= 11 is 5.68. The molecule has 0 amide bonds. The van der Waals surface area contributed by atoms with Gasteiger partial charge in [0.2, 0.25) is 0 Å². The van der Waals surface area contributed by atoms with Gasteiger partial charge in [-0.25, -0.2) is 8.78 Å². The van der Waals surface area contributed by atoms with E-state index in [0.717, 1.165) is 17.7 Å². The average Bonchev–Trinajstić information content (AvgIpc) is 3.05. The van der Waals surface area contributed by atoms with Gasteiger partial charge in [-0.3, -0.25) is 4.98 Å². The van der Waals surface area contributed by atoms with Gasteiger partial charge in [-0.2, -0.15) is 0 Å². The van der Waals surface area contributed by atoms with Gasteiger partial charge >= 0.3 is 0 Å². The largest absolute Gasteiger partial charge is 0.474 e. The van der Waals surface area contributed by atoms with Crippen molar-refractivity contribution in [3.8, 4) is 17.1 Å². The summed E-state index contributed by atoms with van der Waals surface area (Å²) in [6.45, 7) is 7.30. The van der Waals surface area contributed by atoms with Gasteiger partial charge in [0.05, 0.1) is 0 Å². The maximum atomic E-state index is 14.2. The van der Waals surface area contributed by atoms with Crippen LogP contribution in [-0.2, 0) is 5.60 Å². The number of aromatic nitrogens is 4. The molecule has 150 valence electrons. The number of hydrogen-bond donors (Lipinski definition) is 0. The topological polar surface area (TPSA) is 52.8 Å². The van der Waals surface area contributed by atoms with E-state index in [1.807, 2.05) is 30.5 Å². The number of pyridine rings is 1. The Morgan fingerprint density at radius 1 is 1.07 bits per heavy atom. The van der Waals surface area contributed by atoms with Crippen LogP contribution in [0.5, 0.6) is 5.75 Å². The maximum Gasteiger partial charge on any atom is 0.192 e. The van der Waals surface area contributed by atoms with Crippen molar-refractivity contribution in [3.63, 3.8) is 0 Å². The zero-order chi connectivity index (χ0) is 19.8. The lowest BCUT2D eigenvalue weighted by Crippen LogP contribution is -2.31. The smallest absolute Gasteiger partial charge is 0.192 e. The highest BCUT2D eigenvalue weighted by atomic mass is 35.5. The second-order valence-corrected chi connectivity index (χ2v) is 7.29. The first-order chi connectivity index (χ1) is 12.7. The Morgan fingerprint density at radius 3 is 2.18 bits per heavy atom. The molecule has 3 aromatic rings. The number of hydrogen-bond acceptors (Lipinski definition) is 4. The molecule has 0 aliphatic carbocycles. The molecule has 5 nitrogen and oxygen atoms in total. The molecule has 0 unspecified atom stereocenters. The zero-order valence-corrected chi connectivity index (χ0v) is 17.4. The Morgan fingerprint density at radius 2 is 1.64 bits per heavy atom. The van der Waals surface area contributed by atoms with E-state index >= 15 is 0 Å². The third-order valence-corrected chi connectivity index (χ3v) is 4.23. The van der Waals surface area contributed by atoms with E-state index in [1.165, 1.54) is 0 Å². The molecular weight excluding hydrogens is 409 g/mol. The minimum Gasteiger partial charge on any atom is -0.474 e. The Bertz CT molecular complexity index is 939. The third kappa shape index (κ3) is 4.25. The first kappa shape index (κ1) is 22.0.